The molecule has 8 heteroatoms. The van der Waals surface area contributed by atoms with Crippen LogP contribution in [0.5, 0.6) is 0 Å². The molecule has 0 amide bonds. The van der Waals surface area contributed by atoms with Gasteiger partial charge in [0.15, 0.2) is 0 Å². The SMILES string of the molecule is CC[C@@H](c1ccc(F)c(C(F)(F)F)c1)N1CCNCC1.Cl.Cl. The van der Waals surface area contributed by atoms with E-state index in [1.807, 2.05) is 6.92 Å². The summed E-state index contributed by atoms with van der Waals surface area (Å²) >= 11 is 0. The number of halogens is 6. The third-order valence-electron chi connectivity index (χ3n) is 3.66. The molecule has 1 aromatic rings. The molecule has 1 saturated heterocycles. The Morgan fingerprint density at radius 2 is 1.77 bits per heavy atom. The minimum Gasteiger partial charge on any atom is -0.314 e. The van der Waals surface area contributed by atoms with Gasteiger partial charge in [0, 0.05) is 32.2 Å². The van der Waals surface area contributed by atoms with Crippen LogP contribution in [0.25, 0.3) is 0 Å². The lowest BCUT2D eigenvalue weighted by Gasteiger charge is -2.35. The second-order valence-corrected chi connectivity index (χ2v) is 4.95. The predicted octanol–water partition coefficient (Wildman–Crippen LogP) is 4.04. The maximum Gasteiger partial charge on any atom is 0.419 e. The third kappa shape index (κ3) is 4.98. The molecule has 2 nitrogen and oxygen atoms in total. The maximum atomic E-state index is 13.3. The second kappa shape index (κ2) is 8.91. The summed E-state index contributed by atoms with van der Waals surface area (Å²) < 4.78 is 51.7. The average molecular weight is 363 g/mol. The highest BCUT2D eigenvalue weighted by molar-refractivity contribution is 5.85. The van der Waals surface area contributed by atoms with Crippen LogP contribution in [0.2, 0.25) is 0 Å². The number of benzene rings is 1. The van der Waals surface area contributed by atoms with E-state index in [-0.39, 0.29) is 30.9 Å². The zero-order valence-electron chi connectivity index (χ0n) is 12.1. The van der Waals surface area contributed by atoms with Gasteiger partial charge in [-0.2, -0.15) is 13.2 Å². The Balaban J connectivity index is 0.00000220. The van der Waals surface area contributed by atoms with Gasteiger partial charge in [0.05, 0.1) is 5.56 Å². The van der Waals surface area contributed by atoms with Gasteiger partial charge in [-0.1, -0.05) is 13.0 Å². The number of hydrogen-bond donors (Lipinski definition) is 1. The zero-order chi connectivity index (χ0) is 14.8. The van der Waals surface area contributed by atoms with Crippen LogP contribution in [0, 0.1) is 5.82 Å². The van der Waals surface area contributed by atoms with Gasteiger partial charge in [0.25, 0.3) is 0 Å². The Morgan fingerprint density at radius 3 is 2.27 bits per heavy atom. The van der Waals surface area contributed by atoms with Gasteiger partial charge in [0.2, 0.25) is 0 Å². The summed E-state index contributed by atoms with van der Waals surface area (Å²) in [6, 6.07) is 3.23. The lowest BCUT2D eigenvalue weighted by Crippen LogP contribution is -2.45. The Bertz CT molecular complexity index is 463. The first-order valence-electron chi connectivity index (χ1n) is 6.75. The van der Waals surface area contributed by atoms with Crippen LogP contribution in [0.3, 0.4) is 0 Å². The van der Waals surface area contributed by atoms with Crippen molar-refractivity contribution in [3.8, 4) is 0 Å². The summed E-state index contributed by atoms with van der Waals surface area (Å²) in [4.78, 5) is 2.14. The van der Waals surface area contributed by atoms with Crippen molar-refractivity contribution in [1.82, 2.24) is 10.2 Å². The number of nitrogens with one attached hydrogen (secondary N) is 1. The van der Waals surface area contributed by atoms with E-state index >= 15 is 0 Å². The Morgan fingerprint density at radius 1 is 1.18 bits per heavy atom. The van der Waals surface area contributed by atoms with E-state index in [9.17, 15) is 17.6 Å². The molecule has 2 rings (SSSR count). The van der Waals surface area contributed by atoms with Crippen LogP contribution < -0.4 is 5.32 Å². The molecule has 1 aromatic carbocycles. The Labute approximate surface area is 140 Å². The van der Waals surface area contributed by atoms with Crippen molar-refractivity contribution in [2.75, 3.05) is 26.2 Å². The van der Waals surface area contributed by atoms with Crippen molar-refractivity contribution in [3.05, 3.63) is 35.1 Å². The molecule has 0 spiro atoms. The van der Waals surface area contributed by atoms with Crippen LogP contribution in [-0.4, -0.2) is 31.1 Å². The van der Waals surface area contributed by atoms with Crippen LogP contribution in [0.1, 0.15) is 30.5 Å². The van der Waals surface area contributed by atoms with Crippen molar-refractivity contribution in [2.24, 2.45) is 0 Å². The number of hydrogen-bond acceptors (Lipinski definition) is 2. The summed E-state index contributed by atoms with van der Waals surface area (Å²) in [5, 5.41) is 3.21. The Kier molecular flexibility index (Phi) is 8.69. The van der Waals surface area contributed by atoms with E-state index in [0.717, 1.165) is 38.3 Å². The van der Waals surface area contributed by atoms with Gasteiger partial charge in [-0.15, -0.1) is 24.8 Å². The van der Waals surface area contributed by atoms with Crippen LogP contribution in [0.15, 0.2) is 18.2 Å². The second-order valence-electron chi connectivity index (χ2n) is 4.95. The fraction of sp³-hybridized carbons (Fsp3) is 0.571. The molecule has 0 radical (unpaired) electrons. The molecule has 0 aromatic heterocycles. The van der Waals surface area contributed by atoms with Gasteiger partial charge in [-0.25, -0.2) is 4.39 Å². The van der Waals surface area contributed by atoms with E-state index in [0.29, 0.717) is 12.0 Å². The molecule has 128 valence electrons. The number of nitrogens with zero attached hydrogens (tertiary/aromatic N) is 1. The average Bonchev–Trinajstić information content (AvgIpc) is 2.41. The minimum atomic E-state index is -4.65. The molecule has 22 heavy (non-hydrogen) atoms. The lowest BCUT2D eigenvalue weighted by atomic mass is 9.99. The van der Waals surface area contributed by atoms with E-state index in [1.54, 1.807) is 0 Å². The molecule has 1 fully saturated rings. The summed E-state index contributed by atoms with van der Waals surface area (Å²) in [7, 11) is 0. The van der Waals surface area contributed by atoms with Gasteiger partial charge in [-0.05, 0) is 24.1 Å². The van der Waals surface area contributed by atoms with Crippen molar-refractivity contribution in [2.45, 2.75) is 25.6 Å². The van der Waals surface area contributed by atoms with E-state index < -0.39 is 17.6 Å². The Hall–Kier alpha value is -0.560. The normalized spacial score (nSPS) is 17.3. The molecule has 0 aliphatic carbocycles. The molecule has 1 aliphatic heterocycles. The molecule has 1 aliphatic rings. The number of rotatable bonds is 3. The van der Waals surface area contributed by atoms with Crippen LogP contribution in [0.4, 0.5) is 17.6 Å². The highest BCUT2D eigenvalue weighted by Gasteiger charge is 2.35. The molecular weight excluding hydrogens is 343 g/mol. The summed E-state index contributed by atoms with van der Waals surface area (Å²) in [5.41, 5.74) is -0.647. The molecule has 0 unspecified atom stereocenters. The van der Waals surface area contributed by atoms with E-state index in [2.05, 4.69) is 10.2 Å². The largest absolute Gasteiger partial charge is 0.419 e. The van der Waals surface area contributed by atoms with E-state index in [4.69, 9.17) is 0 Å². The fourth-order valence-corrected chi connectivity index (χ4v) is 2.67. The molecular formula is C14H20Cl2F4N2. The van der Waals surface area contributed by atoms with Crippen LogP contribution >= 0.6 is 24.8 Å². The predicted molar refractivity (Wildman–Crippen MR) is 83.4 cm³/mol. The topological polar surface area (TPSA) is 15.3 Å². The minimum absolute atomic E-state index is 0. The maximum absolute atomic E-state index is 13.3. The fourth-order valence-electron chi connectivity index (χ4n) is 2.67. The summed E-state index contributed by atoms with van der Waals surface area (Å²) in [6.45, 7) is 5.16. The number of alkyl halides is 3. The third-order valence-corrected chi connectivity index (χ3v) is 3.66. The highest BCUT2D eigenvalue weighted by atomic mass is 35.5. The molecule has 0 bridgehead atoms. The molecule has 1 N–H and O–H groups in total. The van der Waals surface area contributed by atoms with Crippen molar-refractivity contribution in [1.29, 1.82) is 0 Å². The van der Waals surface area contributed by atoms with Gasteiger partial charge < -0.3 is 5.32 Å². The van der Waals surface area contributed by atoms with Crippen molar-refractivity contribution < 1.29 is 17.6 Å². The monoisotopic (exact) mass is 362 g/mol. The van der Waals surface area contributed by atoms with Crippen molar-refractivity contribution in [3.63, 3.8) is 0 Å². The molecule has 0 saturated carbocycles. The van der Waals surface area contributed by atoms with Gasteiger partial charge in [-0.3, -0.25) is 4.90 Å². The van der Waals surface area contributed by atoms with Crippen molar-refractivity contribution >= 4 is 24.8 Å². The lowest BCUT2D eigenvalue weighted by molar-refractivity contribution is -0.140. The van der Waals surface area contributed by atoms with E-state index in [1.165, 1.54) is 6.07 Å². The first-order valence-corrected chi connectivity index (χ1v) is 6.75. The van der Waals surface area contributed by atoms with Crippen LogP contribution in [-0.2, 0) is 6.18 Å². The quantitative estimate of drug-likeness (QED) is 0.816. The summed E-state index contributed by atoms with van der Waals surface area (Å²) in [5.74, 6) is -1.21. The smallest absolute Gasteiger partial charge is 0.314 e. The molecule has 1 heterocycles. The first kappa shape index (κ1) is 21.4. The first-order chi connectivity index (χ1) is 9.43. The summed E-state index contributed by atoms with van der Waals surface area (Å²) in [6.07, 6.45) is -3.95. The zero-order valence-corrected chi connectivity index (χ0v) is 13.8. The molecule has 1 atom stereocenters. The van der Waals surface area contributed by atoms with Gasteiger partial charge >= 0.3 is 6.18 Å². The number of piperazine rings is 1. The van der Waals surface area contributed by atoms with Gasteiger partial charge in [0.1, 0.15) is 5.82 Å². The highest BCUT2D eigenvalue weighted by Crippen LogP contribution is 2.34. The standard InChI is InChI=1S/C14H18F4N2.2ClH/c1-2-13(20-7-5-19-6-8-20)10-3-4-12(15)11(9-10)14(16,17)18;;/h3-4,9,13,19H,2,5-8H2,1H3;2*1H/t13-;;/m0../s1.